The number of fused-ring (bicyclic) bond motifs is 1. The van der Waals surface area contributed by atoms with Crippen molar-refractivity contribution in [1.29, 1.82) is 0 Å². The van der Waals surface area contributed by atoms with Crippen molar-refractivity contribution in [2.24, 2.45) is 11.1 Å². The van der Waals surface area contributed by atoms with Gasteiger partial charge in [-0.15, -0.1) is 12.4 Å². The molecule has 0 spiro atoms. The lowest BCUT2D eigenvalue weighted by molar-refractivity contribution is -0.133. The Labute approximate surface area is 145 Å². The van der Waals surface area contributed by atoms with Crippen LogP contribution in [-0.2, 0) is 11.2 Å². The Bertz CT molecular complexity index is 658. The van der Waals surface area contributed by atoms with Crippen molar-refractivity contribution >= 4 is 29.1 Å². The Morgan fingerprint density at radius 2 is 1.74 bits per heavy atom. The predicted octanol–water partition coefficient (Wildman–Crippen LogP) is 3.64. The van der Waals surface area contributed by atoms with Crippen LogP contribution in [-0.4, -0.2) is 30.4 Å². The van der Waals surface area contributed by atoms with Gasteiger partial charge in [-0.05, 0) is 28.2 Å². The predicted molar refractivity (Wildman–Crippen MR) is 100.0 cm³/mol. The smallest absolute Gasteiger partial charge is 0.239 e. The third-order valence-electron chi connectivity index (χ3n) is 4.17. The summed E-state index contributed by atoms with van der Waals surface area (Å²) >= 11 is 0. The lowest BCUT2D eigenvalue weighted by Gasteiger charge is -2.30. The molecule has 0 fully saturated rings. The zero-order valence-corrected chi connectivity index (χ0v) is 15.2. The van der Waals surface area contributed by atoms with Gasteiger partial charge in [0.15, 0.2) is 0 Å². The van der Waals surface area contributed by atoms with Crippen LogP contribution in [0, 0.1) is 5.41 Å². The SMILES string of the molecule is CN(CCc1cccc2ccccc12)C(=O)[C@@H](N)C(C)(C)C.Cl. The van der Waals surface area contributed by atoms with Crippen molar-refractivity contribution in [2.45, 2.75) is 33.2 Å². The quantitative estimate of drug-likeness (QED) is 0.928. The molecule has 1 atom stereocenters. The van der Waals surface area contributed by atoms with E-state index >= 15 is 0 Å². The number of rotatable bonds is 4. The van der Waals surface area contributed by atoms with Gasteiger partial charge in [0.25, 0.3) is 0 Å². The van der Waals surface area contributed by atoms with E-state index in [1.165, 1.54) is 16.3 Å². The number of halogens is 1. The first-order chi connectivity index (χ1) is 10.3. The minimum absolute atomic E-state index is 0. The van der Waals surface area contributed by atoms with Gasteiger partial charge in [-0.25, -0.2) is 0 Å². The minimum atomic E-state index is -0.468. The van der Waals surface area contributed by atoms with Crippen LogP contribution in [0.15, 0.2) is 42.5 Å². The van der Waals surface area contributed by atoms with Crippen molar-refractivity contribution in [3.8, 4) is 0 Å². The summed E-state index contributed by atoms with van der Waals surface area (Å²) in [5.41, 5.74) is 7.11. The Balaban J connectivity index is 0.00000264. The third kappa shape index (κ3) is 4.69. The molecule has 126 valence electrons. The van der Waals surface area contributed by atoms with Gasteiger partial charge in [-0.2, -0.15) is 0 Å². The van der Waals surface area contributed by atoms with Gasteiger partial charge in [-0.3, -0.25) is 4.79 Å². The second kappa shape index (κ2) is 7.80. The van der Waals surface area contributed by atoms with Crippen molar-refractivity contribution in [3.05, 3.63) is 48.0 Å². The highest BCUT2D eigenvalue weighted by Gasteiger charge is 2.29. The van der Waals surface area contributed by atoms with Crippen molar-refractivity contribution in [1.82, 2.24) is 4.90 Å². The van der Waals surface area contributed by atoms with E-state index in [9.17, 15) is 4.79 Å². The van der Waals surface area contributed by atoms with Crippen LogP contribution in [0.4, 0.5) is 0 Å². The summed E-state index contributed by atoms with van der Waals surface area (Å²) < 4.78 is 0. The number of nitrogens with zero attached hydrogens (tertiary/aromatic N) is 1. The molecule has 0 saturated carbocycles. The number of hydrogen-bond acceptors (Lipinski definition) is 2. The summed E-state index contributed by atoms with van der Waals surface area (Å²) in [6, 6.07) is 14.2. The van der Waals surface area contributed by atoms with Gasteiger partial charge in [0.05, 0.1) is 6.04 Å². The molecule has 0 aromatic heterocycles. The van der Waals surface area contributed by atoms with E-state index in [1.54, 1.807) is 4.90 Å². The number of carbonyl (C=O) groups is 1. The maximum Gasteiger partial charge on any atom is 0.239 e. The molecule has 0 aliphatic heterocycles. The molecule has 2 N–H and O–H groups in total. The summed E-state index contributed by atoms with van der Waals surface area (Å²) in [6.45, 7) is 6.66. The molecular formula is C19H27ClN2O. The van der Waals surface area contributed by atoms with Crippen LogP contribution < -0.4 is 5.73 Å². The minimum Gasteiger partial charge on any atom is -0.344 e. The maximum absolute atomic E-state index is 12.4. The van der Waals surface area contributed by atoms with Gasteiger partial charge in [0, 0.05) is 13.6 Å². The molecule has 0 unspecified atom stereocenters. The average molecular weight is 335 g/mol. The lowest BCUT2D eigenvalue weighted by atomic mass is 9.86. The Morgan fingerprint density at radius 3 is 2.39 bits per heavy atom. The largest absolute Gasteiger partial charge is 0.344 e. The van der Waals surface area contributed by atoms with Crippen LogP contribution in [0.5, 0.6) is 0 Å². The average Bonchev–Trinajstić information content (AvgIpc) is 2.50. The lowest BCUT2D eigenvalue weighted by Crippen LogP contribution is -2.49. The molecule has 0 aliphatic rings. The van der Waals surface area contributed by atoms with Crippen LogP contribution in [0.25, 0.3) is 10.8 Å². The van der Waals surface area contributed by atoms with E-state index in [1.807, 2.05) is 33.9 Å². The Kier molecular flexibility index (Phi) is 6.60. The van der Waals surface area contributed by atoms with Crippen LogP contribution in [0.1, 0.15) is 26.3 Å². The number of hydrogen-bond donors (Lipinski definition) is 1. The highest BCUT2D eigenvalue weighted by atomic mass is 35.5. The topological polar surface area (TPSA) is 46.3 Å². The number of carbonyl (C=O) groups excluding carboxylic acids is 1. The molecule has 0 saturated heterocycles. The molecule has 3 nitrogen and oxygen atoms in total. The second-order valence-electron chi connectivity index (χ2n) is 6.99. The number of nitrogens with two attached hydrogens (primary N) is 1. The summed E-state index contributed by atoms with van der Waals surface area (Å²) in [6.07, 6.45) is 0.834. The van der Waals surface area contributed by atoms with E-state index in [-0.39, 0.29) is 23.7 Å². The van der Waals surface area contributed by atoms with Crippen molar-refractivity contribution < 1.29 is 4.79 Å². The number of likely N-dealkylation sites (N-methyl/N-ethyl adjacent to an activating group) is 1. The van der Waals surface area contributed by atoms with Crippen molar-refractivity contribution in [3.63, 3.8) is 0 Å². The van der Waals surface area contributed by atoms with E-state index < -0.39 is 6.04 Å². The van der Waals surface area contributed by atoms with E-state index in [0.717, 1.165) is 6.42 Å². The molecule has 4 heteroatoms. The maximum atomic E-state index is 12.4. The normalized spacial score (nSPS) is 12.6. The summed E-state index contributed by atoms with van der Waals surface area (Å²) in [5.74, 6) is 0.00716. The molecule has 0 aliphatic carbocycles. The first-order valence-corrected chi connectivity index (χ1v) is 7.78. The van der Waals surface area contributed by atoms with Gasteiger partial charge in [0.2, 0.25) is 5.91 Å². The molecule has 2 aromatic rings. The molecule has 2 rings (SSSR count). The zero-order valence-electron chi connectivity index (χ0n) is 14.4. The molecule has 0 bridgehead atoms. The van der Waals surface area contributed by atoms with Gasteiger partial charge >= 0.3 is 0 Å². The monoisotopic (exact) mass is 334 g/mol. The van der Waals surface area contributed by atoms with Crippen LogP contribution >= 0.6 is 12.4 Å². The molecule has 23 heavy (non-hydrogen) atoms. The third-order valence-corrected chi connectivity index (χ3v) is 4.17. The highest BCUT2D eigenvalue weighted by Crippen LogP contribution is 2.21. The molecule has 0 radical (unpaired) electrons. The second-order valence-corrected chi connectivity index (χ2v) is 6.99. The van der Waals surface area contributed by atoms with Gasteiger partial charge in [0.1, 0.15) is 0 Å². The standard InChI is InChI=1S/C19H26N2O.ClH/c1-19(2,3)17(20)18(22)21(4)13-12-15-10-7-9-14-8-5-6-11-16(14)15;/h5-11,17H,12-13,20H2,1-4H3;1H/t17-;/m1./s1. The molecule has 0 heterocycles. The van der Waals surface area contributed by atoms with Crippen molar-refractivity contribution in [2.75, 3.05) is 13.6 Å². The van der Waals surface area contributed by atoms with Gasteiger partial charge in [-0.1, -0.05) is 63.2 Å². The number of amides is 1. The summed E-state index contributed by atoms with van der Waals surface area (Å²) in [5, 5.41) is 2.49. The zero-order chi connectivity index (χ0) is 16.3. The Morgan fingerprint density at radius 1 is 1.13 bits per heavy atom. The van der Waals surface area contributed by atoms with E-state index in [0.29, 0.717) is 6.54 Å². The highest BCUT2D eigenvalue weighted by molar-refractivity contribution is 5.86. The molecule has 1 amide bonds. The van der Waals surface area contributed by atoms with Gasteiger partial charge < -0.3 is 10.6 Å². The molecule has 2 aromatic carbocycles. The number of benzene rings is 2. The fraction of sp³-hybridized carbons (Fsp3) is 0.421. The fourth-order valence-electron chi connectivity index (χ4n) is 2.52. The van der Waals surface area contributed by atoms with Crippen LogP contribution in [0.3, 0.4) is 0 Å². The Hall–Kier alpha value is -1.58. The summed E-state index contributed by atoms with van der Waals surface area (Å²) in [7, 11) is 1.83. The first-order valence-electron chi connectivity index (χ1n) is 7.78. The molecular weight excluding hydrogens is 308 g/mol. The van der Waals surface area contributed by atoms with E-state index in [4.69, 9.17) is 5.73 Å². The first kappa shape index (κ1) is 19.5. The van der Waals surface area contributed by atoms with E-state index in [2.05, 4.69) is 36.4 Å². The summed E-state index contributed by atoms with van der Waals surface area (Å²) in [4.78, 5) is 14.1. The fourth-order valence-corrected chi connectivity index (χ4v) is 2.52. The van der Waals surface area contributed by atoms with Crippen LogP contribution in [0.2, 0.25) is 0 Å².